The molecule has 0 spiro atoms. The maximum Gasteiger partial charge on any atom is 0.335 e. The van der Waals surface area contributed by atoms with Crippen molar-refractivity contribution in [1.29, 1.82) is 5.26 Å². The molecular formula is C30H31N7O4. The highest BCUT2D eigenvalue weighted by atomic mass is 16.5. The topological polar surface area (TPSA) is 152 Å². The Morgan fingerprint density at radius 3 is 2.56 bits per heavy atom. The molecule has 5 rings (SSSR count). The van der Waals surface area contributed by atoms with Crippen molar-refractivity contribution in [2.24, 2.45) is 5.41 Å². The number of nitrogens with two attached hydrogens (primary N) is 1. The van der Waals surface area contributed by atoms with Crippen LogP contribution in [0.4, 0.5) is 5.82 Å². The Kier molecular flexibility index (Phi) is 7.59. The van der Waals surface area contributed by atoms with Crippen LogP contribution >= 0.6 is 0 Å². The number of para-hydroxylation sites is 1. The minimum absolute atomic E-state index is 0.0323. The average molecular weight is 554 g/mol. The monoisotopic (exact) mass is 553 g/mol. The van der Waals surface area contributed by atoms with Gasteiger partial charge in [-0.1, -0.05) is 38.1 Å². The minimum atomic E-state index is -0.726. The predicted octanol–water partition coefficient (Wildman–Crippen LogP) is 3.42. The van der Waals surface area contributed by atoms with Gasteiger partial charge in [0.25, 0.3) is 5.91 Å². The van der Waals surface area contributed by atoms with Crippen LogP contribution in [0.3, 0.4) is 0 Å². The number of hydrogen-bond donors (Lipinski definition) is 2. The Balaban J connectivity index is 1.48. The van der Waals surface area contributed by atoms with Gasteiger partial charge in [0.1, 0.15) is 35.0 Å². The third-order valence-corrected chi connectivity index (χ3v) is 7.13. The molecule has 0 radical (unpaired) electrons. The summed E-state index contributed by atoms with van der Waals surface area (Å²) in [6.07, 6.45) is 4.19. The van der Waals surface area contributed by atoms with Gasteiger partial charge in [-0.25, -0.2) is 14.8 Å². The number of rotatable bonds is 8. The molecule has 2 aromatic heterocycles. The van der Waals surface area contributed by atoms with E-state index in [9.17, 15) is 20.0 Å². The lowest BCUT2D eigenvalue weighted by Gasteiger charge is -2.25. The summed E-state index contributed by atoms with van der Waals surface area (Å²) in [5, 5.41) is 19.3. The summed E-state index contributed by atoms with van der Waals surface area (Å²) in [6.45, 7) is 3.91. The van der Waals surface area contributed by atoms with Gasteiger partial charge in [-0.05, 0) is 49.2 Å². The number of ether oxygens (including phenoxy) is 1. The number of likely N-dealkylation sites (tertiary alicyclic amines) is 1. The largest absolute Gasteiger partial charge is 0.457 e. The summed E-state index contributed by atoms with van der Waals surface area (Å²) in [6, 6.07) is 18.1. The van der Waals surface area contributed by atoms with Crippen LogP contribution in [0.25, 0.3) is 16.9 Å². The summed E-state index contributed by atoms with van der Waals surface area (Å²) in [5.74, 6) is 1.02. The number of carbonyl (C=O) groups excluding carboxylic acids is 1. The molecule has 1 aliphatic heterocycles. The van der Waals surface area contributed by atoms with Crippen LogP contribution in [0.15, 0.2) is 77.4 Å². The molecule has 0 aliphatic carbocycles. The van der Waals surface area contributed by atoms with Gasteiger partial charge in [-0.3, -0.25) is 13.9 Å². The van der Waals surface area contributed by atoms with Gasteiger partial charge in [-0.15, -0.1) is 0 Å². The fraction of sp³-hybridized carbons (Fsp3) is 0.300. The number of hydrogen-bond acceptors (Lipinski definition) is 8. The first-order valence-corrected chi connectivity index (χ1v) is 13.3. The molecule has 0 saturated carbocycles. The number of benzene rings is 2. The molecule has 210 valence electrons. The van der Waals surface area contributed by atoms with Crippen LogP contribution in [-0.2, 0) is 11.3 Å². The lowest BCUT2D eigenvalue weighted by atomic mass is 9.91. The van der Waals surface area contributed by atoms with E-state index in [0.717, 1.165) is 6.42 Å². The predicted molar refractivity (Wildman–Crippen MR) is 153 cm³/mol. The zero-order valence-electron chi connectivity index (χ0n) is 22.9. The van der Waals surface area contributed by atoms with E-state index in [1.165, 1.54) is 21.5 Å². The zero-order chi connectivity index (χ0) is 29.1. The van der Waals surface area contributed by atoms with Crippen molar-refractivity contribution in [2.45, 2.75) is 39.3 Å². The lowest BCUT2D eigenvalue weighted by molar-refractivity contribution is -0.127. The summed E-state index contributed by atoms with van der Waals surface area (Å²) in [4.78, 5) is 37.4. The smallest absolute Gasteiger partial charge is 0.335 e. The number of nitriles is 1. The van der Waals surface area contributed by atoms with Crippen molar-refractivity contribution in [3.8, 4) is 23.3 Å². The van der Waals surface area contributed by atoms with Gasteiger partial charge in [0.05, 0.1) is 18.3 Å². The maximum atomic E-state index is 13.9. The average Bonchev–Trinajstić information content (AvgIpc) is 3.55. The number of imidazole rings is 1. The first-order valence-electron chi connectivity index (χ1n) is 13.3. The van der Waals surface area contributed by atoms with E-state index in [-0.39, 0.29) is 36.3 Å². The number of aliphatic hydroxyl groups is 1. The highest BCUT2D eigenvalue weighted by molar-refractivity contribution is 5.97. The number of amides is 1. The molecule has 11 heteroatoms. The van der Waals surface area contributed by atoms with Gasteiger partial charge in [0.15, 0.2) is 11.5 Å². The number of anilines is 1. The van der Waals surface area contributed by atoms with E-state index in [4.69, 9.17) is 10.5 Å². The van der Waals surface area contributed by atoms with E-state index in [1.807, 2.05) is 36.4 Å². The number of nitrogen functional groups attached to an aromatic ring is 1. The number of nitrogens with zero attached hydrogens (tertiary/aromatic N) is 6. The summed E-state index contributed by atoms with van der Waals surface area (Å²) >= 11 is 0. The second kappa shape index (κ2) is 11.3. The molecule has 1 saturated heterocycles. The van der Waals surface area contributed by atoms with E-state index in [0.29, 0.717) is 41.3 Å². The van der Waals surface area contributed by atoms with E-state index in [1.54, 1.807) is 43.0 Å². The minimum Gasteiger partial charge on any atom is -0.457 e. The summed E-state index contributed by atoms with van der Waals surface area (Å²) in [7, 11) is 0. The van der Waals surface area contributed by atoms with Crippen LogP contribution in [-0.4, -0.2) is 54.2 Å². The highest BCUT2D eigenvalue weighted by Crippen LogP contribution is 2.27. The van der Waals surface area contributed by atoms with Gasteiger partial charge in [0, 0.05) is 18.5 Å². The molecular weight excluding hydrogens is 522 g/mol. The molecule has 41 heavy (non-hydrogen) atoms. The Morgan fingerprint density at radius 1 is 1.17 bits per heavy atom. The molecule has 1 fully saturated rings. The van der Waals surface area contributed by atoms with Crippen molar-refractivity contribution in [3.05, 3.63) is 83.1 Å². The Bertz CT molecular complexity index is 1700. The Labute approximate surface area is 236 Å². The normalized spacial score (nSPS) is 15.7. The molecule has 2 aromatic carbocycles. The number of aromatic nitrogens is 4. The number of carbonyl (C=O) groups is 1. The Morgan fingerprint density at radius 2 is 1.88 bits per heavy atom. The standard InChI is InChI=1S/C30H31N7O4/c1-30(2,18-38)15-20(16-31)28(39)35-14-6-7-22(35)17-36-27-25(26(32)33-19-34-27)37(29(36)40)21-10-12-24(13-11-21)41-23-8-4-3-5-9-23/h3-5,8-13,15,19,22,38H,6-7,14,17-18H2,1-2H3,(H2,32,33,34)/t22-/m0/s1. The van der Waals surface area contributed by atoms with E-state index >= 15 is 0 Å². The molecule has 11 nitrogen and oxygen atoms in total. The van der Waals surface area contributed by atoms with Crippen molar-refractivity contribution in [2.75, 3.05) is 18.9 Å². The van der Waals surface area contributed by atoms with Gasteiger partial charge < -0.3 is 20.5 Å². The first-order chi connectivity index (χ1) is 19.7. The molecule has 0 bridgehead atoms. The molecule has 3 heterocycles. The molecule has 1 aliphatic rings. The fourth-order valence-electron chi connectivity index (χ4n) is 5.03. The second-order valence-corrected chi connectivity index (χ2v) is 10.7. The van der Waals surface area contributed by atoms with Crippen LogP contribution < -0.4 is 16.2 Å². The van der Waals surface area contributed by atoms with Gasteiger partial charge in [-0.2, -0.15) is 5.26 Å². The summed E-state index contributed by atoms with van der Waals surface area (Å²) < 4.78 is 8.85. The van der Waals surface area contributed by atoms with E-state index in [2.05, 4.69) is 9.97 Å². The quantitative estimate of drug-likeness (QED) is 0.249. The second-order valence-electron chi connectivity index (χ2n) is 10.7. The Hall–Kier alpha value is -4.95. The zero-order valence-corrected chi connectivity index (χ0v) is 22.9. The molecule has 1 amide bonds. The maximum absolute atomic E-state index is 13.9. The van der Waals surface area contributed by atoms with Gasteiger partial charge in [0.2, 0.25) is 0 Å². The third kappa shape index (κ3) is 5.55. The van der Waals surface area contributed by atoms with Crippen LogP contribution in [0.1, 0.15) is 26.7 Å². The lowest BCUT2D eigenvalue weighted by Crippen LogP contribution is -2.41. The molecule has 4 aromatic rings. The number of fused-ring (bicyclic) bond motifs is 1. The van der Waals surface area contributed by atoms with Crippen molar-refractivity contribution < 1.29 is 14.6 Å². The number of aliphatic hydroxyl groups excluding tert-OH is 1. The van der Waals surface area contributed by atoms with Gasteiger partial charge >= 0.3 is 5.69 Å². The van der Waals surface area contributed by atoms with Crippen LogP contribution in [0, 0.1) is 16.7 Å². The van der Waals surface area contributed by atoms with Crippen molar-refractivity contribution in [3.63, 3.8) is 0 Å². The first kappa shape index (κ1) is 27.6. The summed E-state index contributed by atoms with van der Waals surface area (Å²) in [5.41, 5.74) is 6.39. The van der Waals surface area contributed by atoms with Crippen LogP contribution in [0.5, 0.6) is 11.5 Å². The SMILES string of the molecule is CC(C)(C=C(C#N)C(=O)N1CCC[C@H]1Cn1c(=O)n(-c2ccc(Oc3ccccc3)cc2)c2c(N)ncnc21)CO. The molecule has 0 unspecified atom stereocenters. The highest BCUT2D eigenvalue weighted by Gasteiger charge is 2.33. The molecule has 3 N–H and O–H groups in total. The fourth-order valence-corrected chi connectivity index (χ4v) is 5.03. The van der Waals surface area contributed by atoms with Crippen molar-refractivity contribution >= 4 is 22.9 Å². The van der Waals surface area contributed by atoms with Crippen molar-refractivity contribution in [1.82, 2.24) is 24.0 Å². The van der Waals surface area contributed by atoms with Crippen LogP contribution in [0.2, 0.25) is 0 Å². The third-order valence-electron chi connectivity index (χ3n) is 7.13. The molecule has 1 atom stereocenters. The van der Waals surface area contributed by atoms with E-state index < -0.39 is 11.3 Å².